The van der Waals surface area contributed by atoms with Gasteiger partial charge >= 0.3 is 0 Å². The molecule has 1 aliphatic carbocycles. The fraction of sp³-hybridized carbons (Fsp3) is 0.385. The van der Waals surface area contributed by atoms with Crippen LogP contribution in [-0.4, -0.2) is 25.3 Å². The van der Waals surface area contributed by atoms with Gasteiger partial charge in [-0.15, -0.1) is 0 Å². The van der Waals surface area contributed by atoms with Gasteiger partial charge in [-0.05, 0) is 73.2 Å². The first-order chi connectivity index (χ1) is 22.3. The van der Waals surface area contributed by atoms with E-state index >= 15 is 0 Å². The molecule has 1 aliphatic rings. The Morgan fingerprint density at radius 1 is 0.609 bits per heavy atom. The minimum Gasteiger partial charge on any atom is -0.376 e. The lowest BCUT2D eigenvalue weighted by atomic mass is 9.69. The zero-order valence-corrected chi connectivity index (χ0v) is 29.7. The SMILES string of the molecule is Cc1ccccc1C(CNC1(C(COCc2c(Cl)cccc2Cl)c2ccccc2C)CCCCC1)COCc1c(Cl)cccc1Cl. The van der Waals surface area contributed by atoms with Gasteiger partial charge in [0.2, 0.25) is 0 Å². The van der Waals surface area contributed by atoms with E-state index in [4.69, 9.17) is 55.9 Å². The molecule has 1 saturated carbocycles. The highest BCUT2D eigenvalue weighted by atomic mass is 35.5. The van der Waals surface area contributed by atoms with Crippen LogP contribution in [0.3, 0.4) is 0 Å². The van der Waals surface area contributed by atoms with Crippen molar-refractivity contribution in [2.45, 2.75) is 76.5 Å². The van der Waals surface area contributed by atoms with Crippen molar-refractivity contribution in [3.63, 3.8) is 0 Å². The van der Waals surface area contributed by atoms with E-state index in [9.17, 15) is 0 Å². The molecule has 2 atom stereocenters. The van der Waals surface area contributed by atoms with E-state index in [0.717, 1.165) is 30.5 Å². The maximum Gasteiger partial charge on any atom is 0.0746 e. The van der Waals surface area contributed by atoms with Crippen LogP contribution in [-0.2, 0) is 22.7 Å². The maximum atomic E-state index is 6.52. The number of benzene rings is 4. The van der Waals surface area contributed by atoms with Crippen molar-refractivity contribution < 1.29 is 9.47 Å². The Hall–Kier alpha value is -2.08. The van der Waals surface area contributed by atoms with Gasteiger partial charge in [0.15, 0.2) is 0 Å². The third kappa shape index (κ3) is 8.68. The maximum absolute atomic E-state index is 6.52. The molecule has 46 heavy (non-hydrogen) atoms. The molecule has 7 heteroatoms. The van der Waals surface area contributed by atoms with Gasteiger partial charge in [-0.3, -0.25) is 0 Å². The molecule has 0 aliphatic heterocycles. The highest BCUT2D eigenvalue weighted by Gasteiger charge is 2.41. The van der Waals surface area contributed by atoms with Crippen molar-refractivity contribution in [2.75, 3.05) is 19.8 Å². The molecule has 0 amide bonds. The first kappa shape index (κ1) is 35.2. The number of ether oxygens (including phenoxy) is 2. The molecule has 4 aromatic carbocycles. The Labute approximate surface area is 294 Å². The molecule has 244 valence electrons. The van der Waals surface area contributed by atoms with E-state index in [1.54, 1.807) is 0 Å². The van der Waals surface area contributed by atoms with E-state index in [0.29, 0.717) is 46.5 Å². The van der Waals surface area contributed by atoms with Crippen molar-refractivity contribution in [1.29, 1.82) is 0 Å². The van der Waals surface area contributed by atoms with Gasteiger partial charge in [-0.2, -0.15) is 0 Å². The van der Waals surface area contributed by atoms with Crippen LogP contribution in [0.1, 0.15) is 77.3 Å². The molecule has 4 aromatic rings. The summed E-state index contributed by atoms with van der Waals surface area (Å²) >= 11 is 26.0. The fourth-order valence-electron chi connectivity index (χ4n) is 6.91. The Morgan fingerprint density at radius 3 is 1.61 bits per heavy atom. The van der Waals surface area contributed by atoms with Gasteiger partial charge in [0.05, 0.1) is 26.4 Å². The molecule has 0 bridgehead atoms. The number of hydrogen-bond acceptors (Lipinski definition) is 3. The van der Waals surface area contributed by atoms with E-state index in [2.05, 4.69) is 67.7 Å². The van der Waals surface area contributed by atoms with Crippen LogP contribution < -0.4 is 5.32 Å². The number of hydrogen-bond donors (Lipinski definition) is 1. The summed E-state index contributed by atoms with van der Waals surface area (Å²) < 4.78 is 12.9. The summed E-state index contributed by atoms with van der Waals surface area (Å²) in [7, 11) is 0. The van der Waals surface area contributed by atoms with Gasteiger partial charge < -0.3 is 14.8 Å². The fourth-order valence-corrected chi connectivity index (χ4v) is 7.92. The first-order valence-electron chi connectivity index (χ1n) is 16.2. The smallest absolute Gasteiger partial charge is 0.0746 e. The van der Waals surface area contributed by atoms with Gasteiger partial charge in [-0.25, -0.2) is 0 Å². The lowest BCUT2D eigenvalue weighted by molar-refractivity contribution is 0.0573. The summed E-state index contributed by atoms with van der Waals surface area (Å²) in [6.07, 6.45) is 5.71. The van der Waals surface area contributed by atoms with Crippen molar-refractivity contribution in [3.8, 4) is 0 Å². The van der Waals surface area contributed by atoms with E-state index in [-0.39, 0.29) is 17.4 Å². The van der Waals surface area contributed by atoms with Crippen LogP contribution >= 0.6 is 46.4 Å². The second-order valence-corrected chi connectivity index (χ2v) is 14.1. The van der Waals surface area contributed by atoms with Gasteiger partial charge in [0.25, 0.3) is 0 Å². The predicted molar refractivity (Wildman–Crippen MR) is 194 cm³/mol. The molecular formula is C39H43Cl4NO2. The van der Waals surface area contributed by atoms with Crippen molar-refractivity contribution in [1.82, 2.24) is 5.32 Å². The highest BCUT2D eigenvalue weighted by molar-refractivity contribution is 6.36. The summed E-state index contributed by atoms with van der Waals surface area (Å²) in [5.74, 6) is 0.261. The molecule has 3 nitrogen and oxygen atoms in total. The lowest BCUT2D eigenvalue weighted by Gasteiger charge is -2.46. The number of aryl methyl sites for hydroxylation is 2. The Kier molecular flexibility index (Phi) is 12.9. The molecule has 5 rings (SSSR count). The normalized spacial score (nSPS) is 15.9. The summed E-state index contributed by atoms with van der Waals surface area (Å²) in [4.78, 5) is 0. The molecule has 0 radical (unpaired) electrons. The summed E-state index contributed by atoms with van der Waals surface area (Å²) in [6, 6.07) is 28.5. The number of nitrogens with one attached hydrogen (secondary N) is 1. The second kappa shape index (κ2) is 16.8. The Balaban J connectivity index is 1.41. The molecule has 0 heterocycles. The Morgan fingerprint density at radius 2 is 1.09 bits per heavy atom. The number of halogens is 4. The molecule has 0 spiro atoms. The quantitative estimate of drug-likeness (QED) is 0.142. The van der Waals surface area contributed by atoms with Gasteiger partial charge in [-0.1, -0.05) is 126 Å². The van der Waals surface area contributed by atoms with Crippen molar-refractivity contribution in [2.24, 2.45) is 0 Å². The minimum atomic E-state index is -0.151. The molecular weight excluding hydrogens is 656 g/mol. The zero-order chi connectivity index (χ0) is 32.5. The van der Waals surface area contributed by atoms with Gasteiger partial charge in [0, 0.05) is 55.1 Å². The third-order valence-electron chi connectivity index (χ3n) is 9.53. The van der Waals surface area contributed by atoms with E-state index in [1.807, 2.05) is 36.4 Å². The van der Waals surface area contributed by atoms with E-state index in [1.165, 1.54) is 41.5 Å². The van der Waals surface area contributed by atoms with E-state index < -0.39 is 0 Å². The predicted octanol–water partition coefficient (Wildman–Crippen LogP) is 11.5. The molecule has 1 N–H and O–H groups in total. The number of rotatable bonds is 14. The van der Waals surface area contributed by atoms with Crippen LogP contribution in [0.5, 0.6) is 0 Å². The second-order valence-electron chi connectivity index (χ2n) is 12.5. The van der Waals surface area contributed by atoms with Crippen LogP contribution in [0.15, 0.2) is 84.9 Å². The summed E-state index contributed by atoms with van der Waals surface area (Å²) in [5.41, 5.74) is 6.62. The molecule has 1 fully saturated rings. The Bertz CT molecular complexity index is 1550. The molecule has 2 unspecified atom stereocenters. The minimum absolute atomic E-state index is 0.127. The van der Waals surface area contributed by atoms with Crippen LogP contribution in [0.25, 0.3) is 0 Å². The standard InChI is InChI=1S/C39H43Cl4NO2/c1-27-12-4-6-14-30(27)29(23-45-24-32-35(40)16-10-17-36(32)41)22-44-39(20-8-3-9-21-39)34(31-15-7-5-13-28(31)2)26-46-25-33-37(42)18-11-19-38(33)43/h4-7,10-19,29,34,44H,3,8-9,20-26H2,1-2H3. The monoisotopic (exact) mass is 697 g/mol. The largest absolute Gasteiger partial charge is 0.376 e. The van der Waals surface area contributed by atoms with Crippen molar-refractivity contribution >= 4 is 46.4 Å². The van der Waals surface area contributed by atoms with Crippen LogP contribution in [0.2, 0.25) is 20.1 Å². The average molecular weight is 700 g/mol. The summed E-state index contributed by atoms with van der Waals surface area (Å²) in [6.45, 7) is 6.94. The van der Waals surface area contributed by atoms with Gasteiger partial charge in [0.1, 0.15) is 0 Å². The highest BCUT2D eigenvalue weighted by Crippen LogP contribution is 2.42. The third-order valence-corrected chi connectivity index (χ3v) is 10.9. The lowest BCUT2D eigenvalue weighted by Crippen LogP contribution is -2.54. The summed E-state index contributed by atoms with van der Waals surface area (Å²) in [5, 5.41) is 6.67. The first-order valence-corrected chi connectivity index (χ1v) is 17.7. The van der Waals surface area contributed by atoms with Crippen LogP contribution in [0.4, 0.5) is 0 Å². The zero-order valence-electron chi connectivity index (χ0n) is 26.6. The molecule has 0 saturated heterocycles. The van der Waals surface area contributed by atoms with Crippen LogP contribution in [0, 0.1) is 13.8 Å². The van der Waals surface area contributed by atoms with Crippen molar-refractivity contribution in [3.05, 3.63) is 138 Å². The average Bonchev–Trinajstić information content (AvgIpc) is 3.05. The topological polar surface area (TPSA) is 30.5 Å². The molecule has 0 aromatic heterocycles.